The van der Waals surface area contributed by atoms with E-state index in [-0.39, 0.29) is 17.6 Å². The molecule has 3 aromatic heterocycles. The van der Waals surface area contributed by atoms with Gasteiger partial charge in [-0.1, -0.05) is 6.07 Å². The van der Waals surface area contributed by atoms with E-state index in [1.54, 1.807) is 18.5 Å². The Morgan fingerprint density at radius 3 is 2.60 bits per heavy atom. The van der Waals surface area contributed by atoms with Gasteiger partial charge < -0.3 is 4.98 Å². The van der Waals surface area contributed by atoms with Gasteiger partial charge in [-0.15, -0.1) is 0 Å². The molecule has 1 N–H and O–H groups in total. The van der Waals surface area contributed by atoms with Crippen LogP contribution in [0.25, 0.3) is 22.1 Å². The third-order valence-electron chi connectivity index (χ3n) is 6.12. The molecule has 0 amide bonds. The van der Waals surface area contributed by atoms with E-state index in [1.807, 2.05) is 11.0 Å². The van der Waals surface area contributed by atoms with E-state index >= 15 is 0 Å². The van der Waals surface area contributed by atoms with Gasteiger partial charge >= 0.3 is 0 Å². The zero-order valence-corrected chi connectivity index (χ0v) is 17.4. The minimum atomic E-state index is -0.109. The average molecular weight is 403 g/mol. The van der Waals surface area contributed by atoms with Crippen molar-refractivity contribution in [2.24, 2.45) is 0 Å². The van der Waals surface area contributed by atoms with Crippen molar-refractivity contribution in [3.8, 4) is 0 Å². The zero-order chi connectivity index (χ0) is 20.8. The van der Waals surface area contributed by atoms with Crippen molar-refractivity contribution in [1.29, 1.82) is 0 Å². The minimum absolute atomic E-state index is 0.109. The summed E-state index contributed by atoms with van der Waals surface area (Å²) in [5.41, 5.74) is 4.54. The van der Waals surface area contributed by atoms with Gasteiger partial charge in [0.05, 0.1) is 35.3 Å². The van der Waals surface area contributed by atoms with Crippen LogP contribution in [0.5, 0.6) is 0 Å². The molecule has 1 aliphatic heterocycles. The number of pyridine rings is 1. The summed E-state index contributed by atoms with van der Waals surface area (Å²) in [5, 5.41) is 6.93. The van der Waals surface area contributed by atoms with Crippen LogP contribution in [0, 0.1) is 0 Å². The number of aromatic nitrogens is 5. The molecule has 0 aliphatic carbocycles. The molecule has 0 spiro atoms. The Kier molecular flexibility index (Phi) is 4.51. The van der Waals surface area contributed by atoms with Crippen LogP contribution in [0.15, 0.2) is 53.7 Å². The number of benzene rings is 1. The third kappa shape index (κ3) is 3.23. The number of piperazine rings is 1. The van der Waals surface area contributed by atoms with Gasteiger partial charge in [0.2, 0.25) is 5.56 Å². The molecule has 0 radical (unpaired) electrons. The first kappa shape index (κ1) is 18.7. The highest BCUT2D eigenvalue weighted by Gasteiger charge is 2.33. The lowest BCUT2D eigenvalue weighted by molar-refractivity contribution is 0.103. The molecular weight excluding hydrogens is 378 g/mol. The van der Waals surface area contributed by atoms with Gasteiger partial charge in [0.15, 0.2) is 0 Å². The Morgan fingerprint density at radius 1 is 1.00 bits per heavy atom. The number of nitrogens with one attached hydrogen (secondary N) is 1. The highest BCUT2D eigenvalue weighted by Crippen LogP contribution is 2.28. The molecule has 30 heavy (non-hydrogen) atoms. The lowest BCUT2D eigenvalue weighted by atomic mass is 10.0. The standard InChI is InChI=1S/C22H25N7O/c1-14-12-28(29-13-21-19(26-29)6-7-22(30)25-21)15(2)11-27(14)16(3)17-4-5-18-20(10-17)24-9-8-23-18/h4-10,13-16H,11-12H2,1-3H3,(H,25,30)/t14-,15+,16?/m1/s1. The fourth-order valence-electron chi connectivity index (χ4n) is 4.45. The molecule has 4 aromatic rings. The van der Waals surface area contributed by atoms with E-state index in [1.165, 1.54) is 11.6 Å². The molecule has 5 rings (SSSR count). The number of H-pyrrole nitrogens is 1. The largest absolute Gasteiger partial charge is 0.319 e. The summed E-state index contributed by atoms with van der Waals surface area (Å²) in [6.07, 6.45) is 5.37. The summed E-state index contributed by atoms with van der Waals surface area (Å²) in [6, 6.07) is 10.5. The van der Waals surface area contributed by atoms with E-state index in [2.05, 4.69) is 68.9 Å². The second-order valence-corrected chi connectivity index (χ2v) is 8.17. The van der Waals surface area contributed by atoms with E-state index in [4.69, 9.17) is 0 Å². The molecular formula is C22H25N7O. The van der Waals surface area contributed by atoms with Crippen molar-refractivity contribution in [2.45, 2.75) is 38.9 Å². The van der Waals surface area contributed by atoms with Gasteiger partial charge in [0, 0.05) is 37.1 Å². The van der Waals surface area contributed by atoms with Crippen LogP contribution < -0.4 is 10.6 Å². The Labute approximate surface area is 174 Å². The van der Waals surface area contributed by atoms with E-state index < -0.39 is 0 Å². The van der Waals surface area contributed by atoms with Crippen molar-refractivity contribution in [3.63, 3.8) is 0 Å². The van der Waals surface area contributed by atoms with Crippen LogP contribution in [-0.4, -0.2) is 54.9 Å². The number of rotatable bonds is 3. The van der Waals surface area contributed by atoms with Crippen LogP contribution in [0.3, 0.4) is 0 Å². The molecule has 0 saturated carbocycles. The SMILES string of the molecule is CC(c1ccc2nccnc2c1)N1C[C@H](C)N(n2cc3[nH]c(=O)ccc3n2)C[C@H]1C. The van der Waals surface area contributed by atoms with Crippen LogP contribution in [0.1, 0.15) is 32.4 Å². The zero-order valence-electron chi connectivity index (χ0n) is 17.4. The number of hydrogen-bond donors (Lipinski definition) is 1. The highest BCUT2D eigenvalue weighted by molar-refractivity contribution is 5.74. The van der Waals surface area contributed by atoms with Gasteiger partial charge in [-0.3, -0.25) is 24.7 Å². The van der Waals surface area contributed by atoms with Gasteiger partial charge in [0.25, 0.3) is 0 Å². The predicted molar refractivity (Wildman–Crippen MR) is 117 cm³/mol. The molecule has 8 nitrogen and oxygen atoms in total. The summed E-state index contributed by atoms with van der Waals surface area (Å²) < 4.78 is 0. The second-order valence-electron chi connectivity index (χ2n) is 8.17. The normalized spacial score (nSPS) is 21.4. The maximum absolute atomic E-state index is 11.6. The Bertz CT molecular complexity index is 1260. The van der Waals surface area contributed by atoms with Crippen LogP contribution in [-0.2, 0) is 0 Å². The fraction of sp³-hybridized carbons (Fsp3) is 0.364. The maximum atomic E-state index is 11.6. The van der Waals surface area contributed by atoms with Gasteiger partial charge in [0.1, 0.15) is 5.52 Å². The summed E-state index contributed by atoms with van der Waals surface area (Å²) in [7, 11) is 0. The first-order valence-electron chi connectivity index (χ1n) is 10.3. The molecule has 154 valence electrons. The van der Waals surface area contributed by atoms with Crippen molar-refractivity contribution in [1.82, 2.24) is 29.7 Å². The number of aromatic amines is 1. The Hall–Kier alpha value is -3.26. The first-order chi connectivity index (χ1) is 14.5. The molecule has 1 aromatic carbocycles. The molecule has 8 heteroatoms. The van der Waals surface area contributed by atoms with Gasteiger partial charge in [-0.2, -0.15) is 9.89 Å². The third-order valence-corrected chi connectivity index (χ3v) is 6.12. The molecule has 1 unspecified atom stereocenters. The molecule has 1 saturated heterocycles. The topological polar surface area (TPSA) is 82.9 Å². The van der Waals surface area contributed by atoms with Crippen molar-refractivity contribution in [3.05, 3.63) is 64.8 Å². The number of nitrogens with zero attached hydrogens (tertiary/aromatic N) is 6. The Balaban J connectivity index is 1.39. The quantitative estimate of drug-likeness (QED) is 0.566. The van der Waals surface area contributed by atoms with E-state index in [0.717, 1.165) is 35.2 Å². The second kappa shape index (κ2) is 7.21. The van der Waals surface area contributed by atoms with Crippen LogP contribution in [0.2, 0.25) is 0 Å². The lowest BCUT2D eigenvalue weighted by Crippen LogP contribution is -2.60. The van der Waals surface area contributed by atoms with Crippen LogP contribution in [0.4, 0.5) is 0 Å². The highest BCUT2D eigenvalue weighted by atomic mass is 16.1. The van der Waals surface area contributed by atoms with Gasteiger partial charge in [-0.05, 0) is 44.5 Å². The minimum Gasteiger partial charge on any atom is -0.319 e. The number of fused-ring (bicyclic) bond motifs is 2. The summed E-state index contributed by atoms with van der Waals surface area (Å²) in [5.74, 6) is 0. The summed E-state index contributed by atoms with van der Waals surface area (Å²) >= 11 is 0. The smallest absolute Gasteiger partial charge is 0.248 e. The molecule has 1 fully saturated rings. The summed E-state index contributed by atoms with van der Waals surface area (Å²) in [4.78, 5) is 27.7. The predicted octanol–water partition coefficient (Wildman–Crippen LogP) is 2.46. The van der Waals surface area contributed by atoms with Gasteiger partial charge in [-0.25, -0.2) is 0 Å². The Morgan fingerprint density at radius 2 is 1.77 bits per heavy atom. The molecule has 4 heterocycles. The van der Waals surface area contributed by atoms with E-state index in [0.29, 0.717) is 6.04 Å². The van der Waals surface area contributed by atoms with Crippen LogP contribution >= 0.6 is 0 Å². The average Bonchev–Trinajstić information content (AvgIpc) is 3.17. The molecule has 3 atom stereocenters. The van der Waals surface area contributed by atoms with Crippen molar-refractivity contribution < 1.29 is 0 Å². The monoisotopic (exact) mass is 403 g/mol. The first-order valence-corrected chi connectivity index (χ1v) is 10.3. The van der Waals surface area contributed by atoms with E-state index in [9.17, 15) is 4.79 Å². The molecule has 1 aliphatic rings. The maximum Gasteiger partial charge on any atom is 0.248 e. The van der Waals surface area contributed by atoms with Crippen molar-refractivity contribution >= 4 is 22.1 Å². The number of hydrogen-bond acceptors (Lipinski definition) is 6. The summed E-state index contributed by atoms with van der Waals surface area (Å²) in [6.45, 7) is 8.47. The molecule has 0 bridgehead atoms. The lowest BCUT2D eigenvalue weighted by Gasteiger charge is -2.47. The fourth-order valence-corrected chi connectivity index (χ4v) is 4.45. The van der Waals surface area contributed by atoms with Crippen molar-refractivity contribution in [2.75, 3.05) is 18.1 Å².